The van der Waals surface area contributed by atoms with Crippen LogP contribution >= 0.6 is 23.1 Å². The summed E-state index contributed by atoms with van der Waals surface area (Å²) in [6, 6.07) is 17.1. The molecule has 1 heterocycles. The van der Waals surface area contributed by atoms with Crippen LogP contribution in [0.1, 0.15) is 27.9 Å². The molecule has 0 bridgehead atoms. The summed E-state index contributed by atoms with van der Waals surface area (Å²) < 4.78 is 5.46. The van der Waals surface area contributed by atoms with Gasteiger partial charge in [0.05, 0.1) is 12.7 Å². The monoisotopic (exact) mass is 413 g/mol. The lowest BCUT2D eigenvalue weighted by Crippen LogP contribution is -2.12. The van der Waals surface area contributed by atoms with E-state index in [0.717, 1.165) is 15.5 Å². The first-order valence-corrected chi connectivity index (χ1v) is 10.4. The molecule has 6 nitrogen and oxygen atoms in total. The number of thioether (sulfide) groups is 1. The number of rotatable bonds is 8. The van der Waals surface area contributed by atoms with Crippen molar-refractivity contribution in [3.05, 3.63) is 71.3 Å². The van der Waals surface area contributed by atoms with Crippen LogP contribution in [0.3, 0.4) is 0 Å². The molecular weight excluding hydrogens is 394 g/mol. The molecule has 0 atom stereocenters. The molecule has 144 valence electrons. The second-order valence-electron chi connectivity index (χ2n) is 5.88. The highest BCUT2D eigenvalue weighted by atomic mass is 32.2. The van der Waals surface area contributed by atoms with Crippen molar-refractivity contribution in [1.82, 2.24) is 10.2 Å². The van der Waals surface area contributed by atoms with Crippen LogP contribution in [0.2, 0.25) is 0 Å². The minimum Gasteiger partial charge on any atom is -0.465 e. The first-order chi connectivity index (χ1) is 13.6. The van der Waals surface area contributed by atoms with Gasteiger partial charge in [-0.05, 0) is 29.7 Å². The standard InChI is InChI=1S/C20H19N3O3S2/c1-26-18(25)16-10-7-15(8-11-16)13-27-20-23-22-19(28-20)21-17(24)12-9-14-5-3-2-4-6-14/h2-8,10-11H,9,12-13H2,1H3,(H,21,22,24). The Kier molecular flexibility index (Phi) is 7.16. The number of benzene rings is 2. The zero-order valence-corrected chi connectivity index (χ0v) is 16.9. The van der Waals surface area contributed by atoms with Crippen molar-refractivity contribution in [1.29, 1.82) is 0 Å². The fraction of sp³-hybridized carbons (Fsp3) is 0.200. The van der Waals surface area contributed by atoms with E-state index in [9.17, 15) is 9.59 Å². The number of amides is 1. The molecule has 0 radical (unpaired) electrons. The lowest BCUT2D eigenvalue weighted by Gasteiger charge is -2.02. The summed E-state index contributed by atoms with van der Waals surface area (Å²) in [5, 5.41) is 11.4. The second-order valence-corrected chi connectivity index (χ2v) is 8.08. The number of methoxy groups -OCH3 is 1. The first-order valence-electron chi connectivity index (χ1n) is 8.61. The van der Waals surface area contributed by atoms with Crippen LogP contribution in [0.25, 0.3) is 0 Å². The number of anilines is 1. The fourth-order valence-corrected chi connectivity index (χ4v) is 4.13. The summed E-state index contributed by atoms with van der Waals surface area (Å²) in [5.41, 5.74) is 2.71. The SMILES string of the molecule is COC(=O)c1ccc(CSc2nnc(NC(=O)CCc3ccccc3)s2)cc1. The predicted octanol–water partition coefficient (Wildman–Crippen LogP) is 4.19. The summed E-state index contributed by atoms with van der Waals surface area (Å²) >= 11 is 2.88. The number of esters is 1. The molecule has 0 fully saturated rings. The molecular formula is C20H19N3O3S2. The molecule has 8 heteroatoms. The van der Waals surface area contributed by atoms with Crippen molar-refractivity contribution in [3.8, 4) is 0 Å². The van der Waals surface area contributed by atoms with E-state index in [2.05, 4.69) is 20.3 Å². The molecule has 0 spiro atoms. The highest BCUT2D eigenvalue weighted by Gasteiger charge is 2.10. The van der Waals surface area contributed by atoms with Crippen molar-refractivity contribution < 1.29 is 14.3 Å². The van der Waals surface area contributed by atoms with Crippen molar-refractivity contribution in [3.63, 3.8) is 0 Å². The maximum Gasteiger partial charge on any atom is 0.337 e. The third-order valence-corrected chi connectivity index (χ3v) is 5.92. The number of hydrogen-bond donors (Lipinski definition) is 1. The summed E-state index contributed by atoms with van der Waals surface area (Å²) in [6.07, 6.45) is 1.09. The number of nitrogens with one attached hydrogen (secondary N) is 1. The summed E-state index contributed by atoms with van der Waals surface area (Å²) in [7, 11) is 1.36. The van der Waals surface area contributed by atoms with E-state index in [0.29, 0.717) is 29.3 Å². The van der Waals surface area contributed by atoms with E-state index < -0.39 is 0 Å². The topological polar surface area (TPSA) is 81.2 Å². The van der Waals surface area contributed by atoms with E-state index in [1.807, 2.05) is 42.5 Å². The molecule has 28 heavy (non-hydrogen) atoms. The van der Waals surface area contributed by atoms with Gasteiger partial charge in [-0.3, -0.25) is 4.79 Å². The lowest BCUT2D eigenvalue weighted by atomic mass is 10.1. The molecule has 0 saturated heterocycles. The maximum atomic E-state index is 12.1. The maximum absolute atomic E-state index is 12.1. The Morgan fingerprint density at radius 3 is 2.50 bits per heavy atom. The number of ether oxygens (including phenoxy) is 1. The van der Waals surface area contributed by atoms with Crippen molar-refractivity contribution in [2.45, 2.75) is 22.9 Å². The Hall–Kier alpha value is -2.71. The Bertz CT molecular complexity index is 927. The van der Waals surface area contributed by atoms with E-state index in [1.54, 1.807) is 12.1 Å². The van der Waals surface area contributed by atoms with Crippen LogP contribution in [0.5, 0.6) is 0 Å². The molecule has 0 aliphatic rings. The van der Waals surface area contributed by atoms with Gasteiger partial charge in [-0.2, -0.15) is 0 Å². The van der Waals surface area contributed by atoms with Crippen LogP contribution in [0, 0.1) is 0 Å². The highest BCUT2D eigenvalue weighted by Crippen LogP contribution is 2.28. The predicted molar refractivity (Wildman–Crippen MR) is 111 cm³/mol. The molecule has 0 saturated carbocycles. The Morgan fingerprint density at radius 2 is 1.79 bits per heavy atom. The molecule has 3 aromatic rings. The zero-order valence-electron chi connectivity index (χ0n) is 15.3. The van der Waals surface area contributed by atoms with Crippen LogP contribution in [-0.4, -0.2) is 29.2 Å². The molecule has 0 unspecified atom stereocenters. The molecule has 1 amide bonds. The van der Waals surface area contributed by atoms with Gasteiger partial charge in [0.15, 0.2) is 4.34 Å². The van der Waals surface area contributed by atoms with Gasteiger partial charge in [-0.25, -0.2) is 4.79 Å². The zero-order chi connectivity index (χ0) is 19.8. The number of hydrogen-bond acceptors (Lipinski definition) is 7. The normalized spacial score (nSPS) is 10.5. The molecule has 0 aliphatic heterocycles. The average molecular weight is 414 g/mol. The molecule has 0 aliphatic carbocycles. The van der Waals surface area contributed by atoms with Crippen LogP contribution in [0.15, 0.2) is 58.9 Å². The number of carbonyl (C=O) groups excluding carboxylic acids is 2. The summed E-state index contributed by atoms with van der Waals surface area (Å²) in [6.45, 7) is 0. The van der Waals surface area contributed by atoms with Gasteiger partial charge in [-0.15, -0.1) is 10.2 Å². The van der Waals surface area contributed by atoms with Crippen LogP contribution in [-0.2, 0) is 21.7 Å². The highest BCUT2D eigenvalue weighted by molar-refractivity contribution is 8.00. The number of aryl methyl sites for hydroxylation is 1. The van der Waals surface area contributed by atoms with Gasteiger partial charge < -0.3 is 10.1 Å². The van der Waals surface area contributed by atoms with Gasteiger partial charge in [-0.1, -0.05) is 65.6 Å². The van der Waals surface area contributed by atoms with E-state index >= 15 is 0 Å². The third kappa shape index (κ3) is 5.90. The van der Waals surface area contributed by atoms with Crippen molar-refractivity contribution in [2.75, 3.05) is 12.4 Å². The first kappa shape index (κ1) is 20.0. The Morgan fingerprint density at radius 1 is 1.04 bits per heavy atom. The quantitative estimate of drug-likeness (QED) is 0.339. The van der Waals surface area contributed by atoms with Crippen molar-refractivity contribution >= 4 is 40.1 Å². The average Bonchev–Trinajstić information content (AvgIpc) is 3.18. The molecule has 1 N–H and O–H groups in total. The lowest BCUT2D eigenvalue weighted by molar-refractivity contribution is -0.116. The van der Waals surface area contributed by atoms with Crippen molar-refractivity contribution in [2.24, 2.45) is 0 Å². The summed E-state index contributed by atoms with van der Waals surface area (Å²) in [5.74, 6) is 0.267. The van der Waals surface area contributed by atoms with Gasteiger partial charge in [0.2, 0.25) is 11.0 Å². The van der Waals surface area contributed by atoms with E-state index in [1.165, 1.54) is 30.2 Å². The van der Waals surface area contributed by atoms with Crippen LogP contribution in [0.4, 0.5) is 5.13 Å². The van der Waals surface area contributed by atoms with Gasteiger partial charge in [0, 0.05) is 12.2 Å². The smallest absolute Gasteiger partial charge is 0.337 e. The van der Waals surface area contributed by atoms with Gasteiger partial charge >= 0.3 is 5.97 Å². The van der Waals surface area contributed by atoms with E-state index in [4.69, 9.17) is 0 Å². The fourth-order valence-electron chi connectivity index (χ4n) is 2.40. The number of nitrogens with zero attached hydrogens (tertiary/aromatic N) is 2. The molecule has 3 rings (SSSR count). The van der Waals surface area contributed by atoms with E-state index in [-0.39, 0.29) is 11.9 Å². The minimum atomic E-state index is -0.351. The Balaban J connectivity index is 1.46. The third-order valence-electron chi connectivity index (χ3n) is 3.87. The molecule has 2 aromatic carbocycles. The van der Waals surface area contributed by atoms with Gasteiger partial charge in [0.1, 0.15) is 0 Å². The van der Waals surface area contributed by atoms with Gasteiger partial charge in [0.25, 0.3) is 0 Å². The summed E-state index contributed by atoms with van der Waals surface area (Å²) in [4.78, 5) is 23.5. The second kappa shape index (κ2) is 10.0. The van der Waals surface area contributed by atoms with Crippen LogP contribution < -0.4 is 5.32 Å². The largest absolute Gasteiger partial charge is 0.465 e. The number of carbonyl (C=O) groups is 2. The molecule has 1 aromatic heterocycles. The number of aromatic nitrogens is 2. The Labute approximate surface area is 171 Å². The minimum absolute atomic E-state index is 0.0741.